The van der Waals surface area contributed by atoms with Gasteiger partial charge < -0.3 is 5.32 Å². The molecular weight excluding hydrogens is 419 g/mol. The molecule has 1 aliphatic rings. The van der Waals surface area contributed by atoms with E-state index >= 15 is 0 Å². The quantitative estimate of drug-likeness (QED) is 0.767. The number of halogens is 2. The van der Waals surface area contributed by atoms with Gasteiger partial charge in [-0.2, -0.15) is 0 Å². The summed E-state index contributed by atoms with van der Waals surface area (Å²) in [6, 6.07) is 12.0. The third kappa shape index (κ3) is 5.47. The third-order valence-electron chi connectivity index (χ3n) is 4.85. The predicted molar refractivity (Wildman–Crippen MR) is 112 cm³/mol. The number of piperidine rings is 1. The molecule has 1 amide bonds. The van der Waals surface area contributed by atoms with Crippen molar-refractivity contribution in [3.8, 4) is 0 Å². The predicted octanol–water partition coefficient (Wildman–Crippen LogP) is 3.79. The van der Waals surface area contributed by atoms with Gasteiger partial charge in [0.15, 0.2) is 9.84 Å². The highest BCUT2D eigenvalue weighted by Gasteiger charge is 2.23. The zero-order chi connectivity index (χ0) is 20.3. The van der Waals surface area contributed by atoms with Gasteiger partial charge in [0.1, 0.15) is 0 Å². The van der Waals surface area contributed by atoms with Crippen molar-refractivity contribution in [3.05, 3.63) is 63.6 Å². The summed E-state index contributed by atoms with van der Waals surface area (Å²) in [5.74, 6) is -0.341. The number of nitrogens with zero attached hydrogens (tertiary/aromatic N) is 1. The Morgan fingerprint density at radius 2 is 1.75 bits per heavy atom. The highest BCUT2D eigenvalue weighted by Crippen LogP contribution is 2.22. The van der Waals surface area contributed by atoms with Crippen molar-refractivity contribution in [1.82, 2.24) is 10.2 Å². The van der Waals surface area contributed by atoms with Crippen LogP contribution in [0.1, 0.15) is 28.8 Å². The van der Waals surface area contributed by atoms with Crippen LogP contribution in [0.5, 0.6) is 0 Å². The molecule has 1 aliphatic heterocycles. The SMILES string of the molecule is CS(=O)(=O)c1ccc(Cl)c(C(=O)NC2CCN(Cc3ccc(Cl)cc3)CC2)c1. The molecule has 0 spiro atoms. The van der Waals surface area contributed by atoms with E-state index in [1.165, 1.54) is 23.8 Å². The van der Waals surface area contributed by atoms with Gasteiger partial charge in [-0.05, 0) is 48.7 Å². The van der Waals surface area contributed by atoms with Gasteiger partial charge in [0.05, 0.1) is 15.5 Å². The highest BCUT2D eigenvalue weighted by atomic mass is 35.5. The number of amides is 1. The standard InChI is InChI=1S/C20H22Cl2N2O3S/c1-28(26,27)17-6-7-19(22)18(12-17)20(25)23-16-8-10-24(11-9-16)13-14-2-4-15(21)5-3-14/h2-7,12,16H,8-11,13H2,1H3,(H,23,25). The van der Waals surface area contributed by atoms with E-state index in [-0.39, 0.29) is 27.4 Å². The lowest BCUT2D eigenvalue weighted by atomic mass is 10.0. The van der Waals surface area contributed by atoms with Gasteiger partial charge in [0.25, 0.3) is 5.91 Å². The monoisotopic (exact) mass is 440 g/mol. The average molecular weight is 441 g/mol. The van der Waals surface area contributed by atoms with Crippen molar-refractivity contribution >= 4 is 38.9 Å². The molecule has 0 aliphatic carbocycles. The molecule has 8 heteroatoms. The van der Waals surface area contributed by atoms with Gasteiger partial charge in [0, 0.05) is 37.0 Å². The van der Waals surface area contributed by atoms with Gasteiger partial charge in [-0.25, -0.2) is 8.42 Å². The first kappa shape index (κ1) is 21.1. The molecule has 150 valence electrons. The Kier molecular flexibility index (Phi) is 6.65. The van der Waals surface area contributed by atoms with E-state index in [4.69, 9.17) is 23.2 Å². The number of sulfone groups is 1. The zero-order valence-corrected chi connectivity index (χ0v) is 17.8. The van der Waals surface area contributed by atoms with Crippen molar-refractivity contribution in [2.75, 3.05) is 19.3 Å². The van der Waals surface area contributed by atoms with Gasteiger partial charge >= 0.3 is 0 Å². The summed E-state index contributed by atoms with van der Waals surface area (Å²) < 4.78 is 23.5. The second kappa shape index (κ2) is 8.82. The van der Waals surface area contributed by atoms with Gasteiger partial charge in [-0.15, -0.1) is 0 Å². The molecule has 0 bridgehead atoms. The Hall–Kier alpha value is -1.60. The lowest BCUT2D eigenvalue weighted by Gasteiger charge is -2.32. The maximum Gasteiger partial charge on any atom is 0.253 e. The number of likely N-dealkylation sites (tertiary alicyclic amines) is 1. The fourth-order valence-electron chi connectivity index (χ4n) is 3.26. The van der Waals surface area contributed by atoms with Crippen molar-refractivity contribution in [1.29, 1.82) is 0 Å². The fourth-order valence-corrected chi connectivity index (χ4v) is 4.23. The van der Waals surface area contributed by atoms with Crippen LogP contribution in [-0.2, 0) is 16.4 Å². The van der Waals surface area contributed by atoms with Gasteiger partial charge in [-0.3, -0.25) is 9.69 Å². The lowest BCUT2D eigenvalue weighted by Crippen LogP contribution is -2.44. The maximum atomic E-state index is 12.6. The Morgan fingerprint density at radius 3 is 2.36 bits per heavy atom. The Bertz CT molecular complexity index is 954. The lowest BCUT2D eigenvalue weighted by molar-refractivity contribution is 0.0909. The molecule has 28 heavy (non-hydrogen) atoms. The number of hydrogen-bond donors (Lipinski definition) is 1. The molecule has 2 aromatic rings. The summed E-state index contributed by atoms with van der Waals surface area (Å²) in [5.41, 5.74) is 1.39. The number of carbonyl (C=O) groups is 1. The largest absolute Gasteiger partial charge is 0.349 e. The van der Waals surface area contributed by atoms with E-state index in [0.29, 0.717) is 0 Å². The normalized spacial score (nSPS) is 16.1. The summed E-state index contributed by atoms with van der Waals surface area (Å²) in [6.45, 7) is 2.58. The molecule has 1 N–H and O–H groups in total. The second-order valence-electron chi connectivity index (χ2n) is 7.06. The van der Waals surface area contributed by atoms with E-state index in [0.717, 1.165) is 43.8 Å². The number of hydrogen-bond acceptors (Lipinski definition) is 4. The maximum absolute atomic E-state index is 12.6. The third-order valence-corrected chi connectivity index (χ3v) is 6.54. The zero-order valence-electron chi connectivity index (χ0n) is 15.5. The molecule has 0 atom stereocenters. The Balaban J connectivity index is 1.57. The van der Waals surface area contributed by atoms with Crippen LogP contribution in [0.4, 0.5) is 0 Å². The van der Waals surface area contributed by atoms with E-state index in [2.05, 4.69) is 10.2 Å². The van der Waals surface area contributed by atoms with Gasteiger partial charge in [0.2, 0.25) is 0 Å². The van der Waals surface area contributed by atoms with E-state index in [1.54, 1.807) is 0 Å². The molecule has 0 saturated carbocycles. The summed E-state index contributed by atoms with van der Waals surface area (Å²) in [4.78, 5) is 15.0. The first-order chi connectivity index (χ1) is 13.2. The van der Waals surface area contributed by atoms with Crippen molar-refractivity contribution in [3.63, 3.8) is 0 Å². The minimum Gasteiger partial charge on any atom is -0.349 e. The first-order valence-electron chi connectivity index (χ1n) is 8.99. The number of rotatable bonds is 5. The Labute approximate surface area is 175 Å². The van der Waals surface area contributed by atoms with Crippen LogP contribution in [0.3, 0.4) is 0 Å². The molecular formula is C20H22Cl2N2O3S. The van der Waals surface area contributed by atoms with Crippen LogP contribution in [-0.4, -0.2) is 44.6 Å². The number of nitrogens with one attached hydrogen (secondary N) is 1. The van der Waals surface area contributed by atoms with Crippen molar-refractivity contribution < 1.29 is 13.2 Å². The molecule has 1 heterocycles. The van der Waals surface area contributed by atoms with E-state index in [9.17, 15) is 13.2 Å². The second-order valence-corrected chi connectivity index (χ2v) is 9.92. The minimum absolute atomic E-state index is 0.0342. The smallest absolute Gasteiger partial charge is 0.253 e. The molecule has 1 fully saturated rings. The molecule has 5 nitrogen and oxygen atoms in total. The van der Waals surface area contributed by atoms with Crippen LogP contribution < -0.4 is 5.32 Å². The summed E-state index contributed by atoms with van der Waals surface area (Å²) >= 11 is 12.0. The molecule has 0 aromatic heterocycles. The van der Waals surface area contributed by atoms with E-state index in [1.807, 2.05) is 24.3 Å². The average Bonchev–Trinajstić information content (AvgIpc) is 2.64. The van der Waals surface area contributed by atoms with Crippen LogP contribution in [0, 0.1) is 0 Å². The van der Waals surface area contributed by atoms with E-state index < -0.39 is 9.84 Å². The first-order valence-corrected chi connectivity index (χ1v) is 11.6. The highest BCUT2D eigenvalue weighted by molar-refractivity contribution is 7.90. The van der Waals surface area contributed by atoms with Crippen LogP contribution in [0.15, 0.2) is 47.4 Å². The van der Waals surface area contributed by atoms with Crippen LogP contribution >= 0.6 is 23.2 Å². The fraction of sp³-hybridized carbons (Fsp3) is 0.350. The van der Waals surface area contributed by atoms with Gasteiger partial charge in [-0.1, -0.05) is 35.3 Å². The molecule has 2 aromatic carbocycles. The summed E-state index contributed by atoms with van der Waals surface area (Å²) in [7, 11) is -3.40. The minimum atomic E-state index is -3.40. The molecule has 1 saturated heterocycles. The van der Waals surface area contributed by atoms with Crippen molar-refractivity contribution in [2.45, 2.75) is 30.3 Å². The topological polar surface area (TPSA) is 66.5 Å². The summed E-state index contributed by atoms with van der Waals surface area (Å²) in [6.07, 6.45) is 2.75. The molecule has 0 unspecified atom stereocenters. The Morgan fingerprint density at radius 1 is 1.11 bits per heavy atom. The summed E-state index contributed by atoms with van der Waals surface area (Å²) in [5, 5.41) is 3.95. The van der Waals surface area contributed by atoms with Crippen LogP contribution in [0.2, 0.25) is 10.0 Å². The number of carbonyl (C=O) groups excluding carboxylic acids is 1. The molecule has 0 radical (unpaired) electrons. The number of benzene rings is 2. The van der Waals surface area contributed by atoms with Crippen molar-refractivity contribution in [2.24, 2.45) is 0 Å². The molecule has 3 rings (SSSR count). The van der Waals surface area contributed by atoms with Crippen LogP contribution in [0.25, 0.3) is 0 Å².